The second-order valence-corrected chi connectivity index (χ2v) is 4.43. The van der Waals surface area contributed by atoms with Gasteiger partial charge in [-0.25, -0.2) is 0 Å². The molecule has 0 saturated carbocycles. The van der Waals surface area contributed by atoms with Gasteiger partial charge in [-0.3, -0.25) is 0 Å². The van der Waals surface area contributed by atoms with Crippen molar-refractivity contribution < 1.29 is 9.47 Å². The first-order valence-electron chi connectivity index (χ1n) is 6.50. The van der Waals surface area contributed by atoms with Crippen molar-refractivity contribution in [3.8, 4) is 23.1 Å². The van der Waals surface area contributed by atoms with Gasteiger partial charge in [0.2, 0.25) is 5.95 Å². The summed E-state index contributed by atoms with van der Waals surface area (Å²) >= 11 is 0. The second-order valence-electron chi connectivity index (χ2n) is 4.43. The van der Waals surface area contributed by atoms with Gasteiger partial charge in [0.15, 0.2) is 5.82 Å². The Bertz CT molecular complexity index is 587. The minimum Gasteiger partial charge on any atom is -0.491 e. The average Bonchev–Trinajstić information content (AvgIpc) is 2.38. The van der Waals surface area contributed by atoms with Crippen LogP contribution in [-0.4, -0.2) is 27.7 Å². The van der Waals surface area contributed by atoms with Crippen LogP contribution >= 0.6 is 0 Å². The topological polar surface area (TPSA) is 83.2 Å². The van der Waals surface area contributed by atoms with Gasteiger partial charge in [0, 0.05) is 5.56 Å². The van der Waals surface area contributed by atoms with Gasteiger partial charge in [-0.2, -0.15) is 15.0 Å². The molecule has 0 bridgehead atoms. The summed E-state index contributed by atoms with van der Waals surface area (Å²) in [5, 5.41) is 0. The molecule has 0 atom stereocenters. The van der Waals surface area contributed by atoms with Crippen molar-refractivity contribution in [3.05, 3.63) is 24.3 Å². The van der Waals surface area contributed by atoms with Crippen LogP contribution in [0.5, 0.6) is 11.8 Å². The molecule has 6 heteroatoms. The van der Waals surface area contributed by atoms with Crippen molar-refractivity contribution in [3.63, 3.8) is 0 Å². The molecule has 2 aromatic rings. The van der Waals surface area contributed by atoms with Crippen LogP contribution in [0.3, 0.4) is 0 Å². The standard InChI is InChI=1S/C14H18N4O2/c1-4-19-14-17-12(16-13(15)18-14)10-6-5-7-11(8-10)20-9(2)3/h5-9H,4H2,1-3H3,(H2,15,16,17,18). The van der Waals surface area contributed by atoms with Crippen LogP contribution in [0.25, 0.3) is 11.4 Å². The van der Waals surface area contributed by atoms with E-state index < -0.39 is 0 Å². The number of hydrogen-bond acceptors (Lipinski definition) is 6. The maximum atomic E-state index is 5.67. The fourth-order valence-corrected chi connectivity index (χ4v) is 1.68. The van der Waals surface area contributed by atoms with Gasteiger partial charge < -0.3 is 15.2 Å². The molecule has 0 unspecified atom stereocenters. The molecule has 2 rings (SSSR count). The Morgan fingerprint density at radius 3 is 2.70 bits per heavy atom. The highest BCUT2D eigenvalue weighted by Crippen LogP contribution is 2.23. The first kappa shape index (κ1) is 14.0. The van der Waals surface area contributed by atoms with E-state index in [1.54, 1.807) is 0 Å². The number of rotatable bonds is 5. The van der Waals surface area contributed by atoms with E-state index in [4.69, 9.17) is 15.2 Å². The van der Waals surface area contributed by atoms with Crippen LogP contribution in [-0.2, 0) is 0 Å². The van der Waals surface area contributed by atoms with Gasteiger partial charge in [0.1, 0.15) is 5.75 Å². The van der Waals surface area contributed by atoms with Gasteiger partial charge in [-0.1, -0.05) is 12.1 Å². The lowest BCUT2D eigenvalue weighted by Gasteiger charge is -2.11. The van der Waals surface area contributed by atoms with E-state index >= 15 is 0 Å². The summed E-state index contributed by atoms with van der Waals surface area (Å²) in [4.78, 5) is 12.3. The smallest absolute Gasteiger partial charge is 0.321 e. The van der Waals surface area contributed by atoms with Crippen molar-refractivity contribution in [1.82, 2.24) is 15.0 Å². The number of anilines is 1. The van der Waals surface area contributed by atoms with Crippen molar-refractivity contribution in [2.75, 3.05) is 12.3 Å². The molecule has 6 nitrogen and oxygen atoms in total. The molecule has 0 amide bonds. The summed E-state index contributed by atoms with van der Waals surface area (Å²) < 4.78 is 10.9. The van der Waals surface area contributed by atoms with Crippen LogP contribution in [0.4, 0.5) is 5.95 Å². The Kier molecular flexibility index (Phi) is 4.34. The third-order valence-electron chi connectivity index (χ3n) is 2.37. The predicted octanol–water partition coefficient (Wildman–Crippen LogP) is 2.31. The molecule has 0 fully saturated rings. The van der Waals surface area contributed by atoms with Crippen LogP contribution in [0, 0.1) is 0 Å². The normalized spacial score (nSPS) is 10.6. The Morgan fingerprint density at radius 2 is 2.00 bits per heavy atom. The first-order chi connectivity index (χ1) is 9.58. The highest BCUT2D eigenvalue weighted by molar-refractivity contribution is 5.58. The van der Waals surface area contributed by atoms with E-state index in [0.717, 1.165) is 11.3 Å². The maximum Gasteiger partial charge on any atom is 0.321 e. The summed E-state index contributed by atoms with van der Waals surface area (Å²) in [7, 11) is 0. The molecular formula is C14H18N4O2. The minimum absolute atomic E-state index is 0.104. The zero-order chi connectivity index (χ0) is 14.5. The quantitative estimate of drug-likeness (QED) is 0.900. The summed E-state index contributed by atoms with van der Waals surface area (Å²) in [6.07, 6.45) is 0.104. The van der Waals surface area contributed by atoms with Crippen LogP contribution in [0.15, 0.2) is 24.3 Å². The number of nitrogens with zero attached hydrogens (tertiary/aromatic N) is 3. The zero-order valence-corrected chi connectivity index (χ0v) is 11.8. The van der Waals surface area contributed by atoms with Gasteiger partial charge in [0.25, 0.3) is 0 Å². The molecule has 1 aromatic carbocycles. The molecular weight excluding hydrogens is 256 g/mol. The van der Waals surface area contributed by atoms with Crippen LogP contribution in [0.1, 0.15) is 20.8 Å². The molecule has 0 aliphatic carbocycles. The fourth-order valence-electron chi connectivity index (χ4n) is 1.68. The summed E-state index contributed by atoms with van der Waals surface area (Å²) in [5.74, 6) is 1.36. The van der Waals surface area contributed by atoms with Gasteiger partial charge in [-0.05, 0) is 32.9 Å². The maximum absolute atomic E-state index is 5.67. The fraction of sp³-hybridized carbons (Fsp3) is 0.357. The molecule has 1 heterocycles. The van der Waals surface area contributed by atoms with E-state index in [-0.39, 0.29) is 18.1 Å². The molecule has 20 heavy (non-hydrogen) atoms. The lowest BCUT2D eigenvalue weighted by molar-refractivity contribution is 0.242. The average molecular weight is 274 g/mol. The molecule has 1 aromatic heterocycles. The van der Waals surface area contributed by atoms with Crippen molar-refractivity contribution in [2.24, 2.45) is 0 Å². The molecule has 0 aliphatic rings. The Morgan fingerprint density at radius 1 is 1.20 bits per heavy atom. The molecule has 0 aliphatic heterocycles. The number of hydrogen-bond donors (Lipinski definition) is 1. The number of aromatic nitrogens is 3. The molecule has 106 valence electrons. The van der Waals surface area contributed by atoms with Crippen molar-refractivity contribution in [2.45, 2.75) is 26.9 Å². The SMILES string of the molecule is CCOc1nc(N)nc(-c2cccc(OC(C)C)c2)n1. The number of nitrogen functional groups attached to an aromatic ring is 1. The third-order valence-corrected chi connectivity index (χ3v) is 2.37. The van der Waals surface area contributed by atoms with E-state index in [1.165, 1.54) is 0 Å². The monoisotopic (exact) mass is 274 g/mol. The minimum atomic E-state index is 0.104. The number of benzene rings is 1. The largest absolute Gasteiger partial charge is 0.491 e. The van der Waals surface area contributed by atoms with Gasteiger partial charge >= 0.3 is 6.01 Å². The number of ether oxygens (including phenoxy) is 2. The first-order valence-corrected chi connectivity index (χ1v) is 6.50. The third kappa shape index (κ3) is 3.57. The highest BCUT2D eigenvalue weighted by Gasteiger charge is 2.09. The highest BCUT2D eigenvalue weighted by atomic mass is 16.5. The molecule has 2 N–H and O–H groups in total. The van der Waals surface area contributed by atoms with E-state index in [2.05, 4.69) is 15.0 Å². The predicted molar refractivity (Wildman–Crippen MR) is 76.6 cm³/mol. The lowest BCUT2D eigenvalue weighted by atomic mass is 10.2. The van der Waals surface area contributed by atoms with Crippen molar-refractivity contribution in [1.29, 1.82) is 0 Å². The Labute approximate surface area is 118 Å². The molecule has 0 saturated heterocycles. The van der Waals surface area contributed by atoms with E-state index in [0.29, 0.717) is 12.4 Å². The zero-order valence-electron chi connectivity index (χ0n) is 11.8. The van der Waals surface area contributed by atoms with Crippen LogP contribution < -0.4 is 15.2 Å². The van der Waals surface area contributed by atoms with E-state index in [9.17, 15) is 0 Å². The lowest BCUT2D eigenvalue weighted by Crippen LogP contribution is -2.06. The summed E-state index contributed by atoms with van der Waals surface area (Å²) in [6, 6.07) is 7.75. The van der Waals surface area contributed by atoms with Gasteiger partial charge in [0.05, 0.1) is 12.7 Å². The van der Waals surface area contributed by atoms with Crippen LogP contribution in [0.2, 0.25) is 0 Å². The summed E-state index contributed by atoms with van der Waals surface area (Å²) in [6.45, 7) is 6.28. The van der Waals surface area contributed by atoms with Gasteiger partial charge in [-0.15, -0.1) is 0 Å². The second kappa shape index (κ2) is 6.18. The van der Waals surface area contributed by atoms with E-state index in [1.807, 2.05) is 45.0 Å². The van der Waals surface area contributed by atoms with Crippen molar-refractivity contribution >= 4 is 5.95 Å². The Balaban J connectivity index is 2.35. The molecule has 0 radical (unpaired) electrons. The number of nitrogens with two attached hydrogens (primary N) is 1. The summed E-state index contributed by atoms with van der Waals surface area (Å²) in [5.41, 5.74) is 6.48. The Hall–Kier alpha value is -2.37. The molecule has 0 spiro atoms.